The highest BCUT2D eigenvalue weighted by Crippen LogP contribution is 2.33. The molecule has 0 saturated carbocycles. The van der Waals surface area contributed by atoms with Gasteiger partial charge in [0.2, 0.25) is 16.0 Å². The van der Waals surface area contributed by atoms with Crippen LogP contribution in [-0.4, -0.2) is 56.7 Å². The van der Waals surface area contributed by atoms with Crippen LogP contribution in [0.3, 0.4) is 0 Å². The number of thioether (sulfide) groups is 1. The Kier molecular flexibility index (Phi) is 7.24. The van der Waals surface area contributed by atoms with Gasteiger partial charge in [0.05, 0.1) is 17.1 Å². The van der Waals surface area contributed by atoms with Gasteiger partial charge in [-0.15, -0.1) is 11.8 Å². The summed E-state index contributed by atoms with van der Waals surface area (Å²) in [5.41, 5.74) is 1.41. The number of aromatic nitrogens is 4. The molecular formula is C25H29FN6O3S2. The summed E-state index contributed by atoms with van der Waals surface area (Å²) < 4.78 is 44.4. The van der Waals surface area contributed by atoms with Crippen LogP contribution < -0.4 is 11.0 Å². The van der Waals surface area contributed by atoms with E-state index in [4.69, 9.17) is 0 Å². The first-order chi connectivity index (χ1) is 17.7. The lowest BCUT2D eigenvalue weighted by atomic mass is 10.1. The Hall–Kier alpha value is -2.96. The zero-order valence-corrected chi connectivity index (χ0v) is 22.3. The van der Waals surface area contributed by atoms with E-state index < -0.39 is 10.0 Å². The van der Waals surface area contributed by atoms with Crippen LogP contribution in [0.1, 0.15) is 39.2 Å². The maximum atomic E-state index is 13.5. The summed E-state index contributed by atoms with van der Waals surface area (Å²) in [5, 5.41) is 3.34. The minimum atomic E-state index is -3.40. The van der Waals surface area contributed by atoms with Crippen molar-refractivity contribution in [3.63, 3.8) is 0 Å². The van der Waals surface area contributed by atoms with Gasteiger partial charge < -0.3 is 5.32 Å². The highest BCUT2D eigenvalue weighted by atomic mass is 32.3. The van der Waals surface area contributed by atoms with Crippen molar-refractivity contribution >= 4 is 27.7 Å². The van der Waals surface area contributed by atoms with Gasteiger partial charge in [0, 0.05) is 43.3 Å². The number of anilines is 1. The summed E-state index contributed by atoms with van der Waals surface area (Å²) in [5.74, 6) is 0.839. The molecule has 0 radical (unpaired) electrons. The van der Waals surface area contributed by atoms with Crippen molar-refractivity contribution < 1.29 is 12.8 Å². The van der Waals surface area contributed by atoms with Crippen LogP contribution in [0.15, 0.2) is 57.8 Å². The van der Waals surface area contributed by atoms with E-state index in [2.05, 4.69) is 15.3 Å². The van der Waals surface area contributed by atoms with Gasteiger partial charge in [0.15, 0.2) is 0 Å². The molecule has 1 N–H and O–H groups in total. The van der Waals surface area contributed by atoms with Gasteiger partial charge in [-0.25, -0.2) is 27.6 Å². The first kappa shape index (κ1) is 25.7. The monoisotopic (exact) mass is 544 g/mol. The lowest BCUT2D eigenvalue weighted by Crippen LogP contribution is -2.42. The van der Waals surface area contributed by atoms with Crippen LogP contribution in [0, 0.1) is 5.82 Å². The Morgan fingerprint density at radius 3 is 2.51 bits per heavy atom. The van der Waals surface area contributed by atoms with E-state index in [1.807, 2.05) is 19.9 Å². The van der Waals surface area contributed by atoms with E-state index in [1.165, 1.54) is 28.5 Å². The third kappa shape index (κ3) is 5.23. The van der Waals surface area contributed by atoms with Gasteiger partial charge in [-0.1, -0.05) is 6.08 Å². The maximum absolute atomic E-state index is 13.5. The number of halogens is 1. The molecule has 196 valence electrons. The smallest absolute Gasteiger partial charge is 0.333 e. The summed E-state index contributed by atoms with van der Waals surface area (Å²) in [7, 11) is -3.40. The summed E-state index contributed by atoms with van der Waals surface area (Å²) in [6, 6.07) is 7.44. The van der Waals surface area contributed by atoms with Gasteiger partial charge >= 0.3 is 5.69 Å². The lowest BCUT2D eigenvalue weighted by molar-refractivity contribution is 0.332. The molecule has 0 unspecified atom stereocenters. The molecule has 5 rings (SSSR count). The number of imidazole rings is 1. The largest absolute Gasteiger partial charge is 0.351 e. The predicted molar refractivity (Wildman–Crippen MR) is 144 cm³/mol. The Morgan fingerprint density at radius 2 is 1.86 bits per heavy atom. The number of sulfonamides is 1. The van der Waals surface area contributed by atoms with E-state index >= 15 is 0 Å². The quantitative estimate of drug-likeness (QED) is 0.480. The number of rotatable bonds is 7. The second kappa shape index (κ2) is 10.4. The van der Waals surface area contributed by atoms with Crippen molar-refractivity contribution in [1.82, 2.24) is 23.4 Å². The van der Waals surface area contributed by atoms with Crippen LogP contribution in [0.25, 0.3) is 17.1 Å². The van der Waals surface area contributed by atoms with Crippen LogP contribution >= 0.6 is 11.8 Å². The van der Waals surface area contributed by atoms with Crippen LogP contribution in [-0.2, 0) is 10.0 Å². The molecule has 2 aliphatic rings. The molecule has 2 aliphatic heterocycles. The molecule has 3 aromatic rings. The molecule has 0 amide bonds. The molecule has 1 saturated heterocycles. The maximum Gasteiger partial charge on any atom is 0.333 e. The second-order valence-electron chi connectivity index (χ2n) is 9.36. The number of hydrogen-bond acceptors (Lipinski definition) is 7. The van der Waals surface area contributed by atoms with Gasteiger partial charge in [-0.3, -0.25) is 9.13 Å². The fraction of sp³-hybridized carbons (Fsp3) is 0.400. The Bertz CT molecular complexity index is 1470. The number of hydrogen-bond donors (Lipinski definition) is 1. The van der Waals surface area contributed by atoms with E-state index in [9.17, 15) is 17.6 Å². The molecule has 1 fully saturated rings. The van der Waals surface area contributed by atoms with E-state index in [0.29, 0.717) is 53.2 Å². The fourth-order valence-corrected chi connectivity index (χ4v) is 7.66. The molecule has 37 heavy (non-hydrogen) atoms. The zero-order valence-electron chi connectivity index (χ0n) is 20.7. The predicted octanol–water partition coefficient (Wildman–Crippen LogP) is 4.00. The topological polar surface area (TPSA) is 102 Å². The number of benzene rings is 1. The number of allylic oxidation sites excluding steroid dienone is 1. The Morgan fingerprint density at radius 1 is 1.14 bits per heavy atom. The fourth-order valence-electron chi connectivity index (χ4n) is 4.55. The summed E-state index contributed by atoms with van der Waals surface area (Å²) >= 11 is 1.40. The van der Waals surface area contributed by atoms with Crippen LogP contribution in [0.5, 0.6) is 0 Å². The minimum absolute atomic E-state index is 0.0199. The van der Waals surface area contributed by atoms with Crippen molar-refractivity contribution in [3.8, 4) is 17.1 Å². The summed E-state index contributed by atoms with van der Waals surface area (Å²) in [4.78, 5) is 22.2. The lowest BCUT2D eigenvalue weighted by Gasteiger charge is -2.31. The van der Waals surface area contributed by atoms with Crippen molar-refractivity contribution in [2.45, 2.75) is 45.2 Å². The van der Waals surface area contributed by atoms with Crippen molar-refractivity contribution in [2.24, 2.45) is 0 Å². The second-order valence-corrected chi connectivity index (χ2v) is 12.7. The van der Waals surface area contributed by atoms with E-state index in [1.54, 1.807) is 39.5 Å². The normalized spacial score (nSPS) is 17.4. The van der Waals surface area contributed by atoms with Crippen LogP contribution in [0.4, 0.5) is 10.3 Å². The Balaban J connectivity index is 1.36. The van der Waals surface area contributed by atoms with Gasteiger partial charge in [0.1, 0.15) is 10.1 Å². The third-order valence-electron chi connectivity index (χ3n) is 6.53. The van der Waals surface area contributed by atoms with E-state index in [-0.39, 0.29) is 23.6 Å². The molecule has 4 heterocycles. The van der Waals surface area contributed by atoms with Crippen LogP contribution in [0.2, 0.25) is 0 Å². The average molecular weight is 545 g/mol. The van der Waals surface area contributed by atoms with Crippen molar-refractivity contribution in [3.05, 3.63) is 69.3 Å². The summed E-state index contributed by atoms with van der Waals surface area (Å²) in [6.07, 6.45) is 7.24. The van der Waals surface area contributed by atoms with Gasteiger partial charge in [0.25, 0.3) is 0 Å². The number of nitrogens with zero attached hydrogens (tertiary/aromatic N) is 5. The molecule has 0 spiro atoms. The highest BCUT2D eigenvalue weighted by molar-refractivity contribution is 8.18. The average Bonchev–Trinajstić information content (AvgIpc) is 3.54. The molecule has 12 heteroatoms. The minimum Gasteiger partial charge on any atom is -0.351 e. The molecule has 0 aliphatic carbocycles. The molecule has 9 nitrogen and oxygen atoms in total. The molecule has 0 atom stereocenters. The molecular weight excluding hydrogens is 515 g/mol. The molecule has 2 aromatic heterocycles. The van der Waals surface area contributed by atoms with E-state index in [0.717, 1.165) is 12.2 Å². The first-order valence-corrected chi connectivity index (χ1v) is 14.7. The summed E-state index contributed by atoms with van der Waals surface area (Å²) in [6.45, 7) is 4.70. The van der Waals surface area contributed by atoms with Gasteiger partial charge in [-0.2, -0.15) is 4.31 Å². The van der Waals surface area contributed by atoms with Crippen molar-refractivity contribution in [2.75, 3.05) is 24.2 Å². The number of nitrogens with one attached hydrogen (secondary N) is 1. The van der Waals surface area contributed by atoms with Crippen molar-refractivity contribution in [1.29, 1.82) is 0 Å². The number of piperidine rings is 1. The zero-order chi connectivity index (χ0) is 26.2. The SMILES string of the molecule is CC(C)n1cc(-c2ccnc(NC3CCN(S(=O)(=O)C4=CCCS4)CC3)n2)n(-c2ccc(F)cc2)c1=O. The third-order valence-corrected chi connectivity index (χ3v) is 10.1. The first-order valence-electron chi connectivity index (χ1n) is 12.3. The van der Waals surface area contributed by atoms with Gasteiger partial charge in [-0.05, 0) is 63.4 Å². The molecule has 1 aromatic carbocycles. The highest BCUT2D eigenvalue weighted by Gasteiger charge is 2.32. The standard InChI is InChI=1S/C25H29FN6O3S2/c1-17(2)31-16-22(32(25(31)33)20-7-5-18(26)6-8-20)21-9-12-27-24(29-21)28-19-10-13-30(14-11-19)37(34,35)23-4-3-15-36-23/h4-9,12,16-17,19H,3,10-11,13-15H2,1-2H3,(H,27,28,29). The molecule has 0 bridgehead atoms. The Labute approximate surface area is 219 Å².